The number of piperidine rings is 1. The number of likely N-dealkylation sites (tertiary alicyclic amines) is 1. The molecule has 4 aromatic rings. The van der Waals surface area contributed by atoms with Gasteiger partial charge in [-0.2, -0.15) is 9.97 Å². The van der Waals surface area contributed by atoms with E-state index in [4.69, 9.17) is 25.9 Å². The van der Waals surface area contributed by atoms with Crippen LogP contribution in [0.1, 0.15) is 56.9 Å². The van der Waals surface area contributed by atoms with Crippen molar-refractivity contribution in [2.45, 2.75) is 75.0 Å². The number of anilines is 1. The van der Waals surface area contributed by atoms with Crippen LogP contribution in [-0.2, 0) is 4.74 Å². The van der Waals surface area contributed by atoms with Gasteiger partial charge in [0.1, 0.15) is 36.1 Å². The van der Waals surface area contributed by atoms with Crippen LogP contribution in [0.2, 0.25) is 0 Å². The van der Waals surface area contributed by atoms with Crippen molar-refractivity contribution < 1.29 is 23.0 Å². The van der Waals surface area contributed by atoms with Crippen molar-refractivity contribution in [3.05, 3.63) is 65.9 Å². The SMILES string of the molecule is C#Cc1c(F)ccc2cccc(-c3ncc4c(N5CC6CCC(C5)N6)nc(OCC56CCC(COC(=O)N7CCCCC7)N5CC(=C)C6)nc4c3F)c12. The molecular formula is C41H43F2N7O3. The summed E-state index contributed by atoms with van der Waals surface area (Å²) in [5.41, 5.74) is 1.27. The number of ether oxygens (including phenoxy) is 2. The van der Waals surface area contributed by atoms with E-state index in [9.17, 15) is 9.18 Å². The average Bonchev–Trinajstić information content (AvgIpc) is 3.81. The summed E-state index contributed by atoms with van der Waals surface area (Å²) in [7, 11) is 0. The van der Waals surface area contributed by atoms with Crippen LogP contribution in [0.5, 0.6) is 6.01 Å². The molecule has 274 valence electrons. The van der Waals surface area contributed by atoms with E-state index in [-0.39, 0.29) is 47.1 Å². The molecule has 1 N–H and O–H groups in total. The molecular weight excluding hydrogens is 676 g/mol. The number of hydrogen-bond donors (Lipinski definition) is 1. The van der Waals surface area contributed by atoms with Crippen LogP contribution in [-0.4, -0.2) is 100 Å². The maximum Gasteiger partial charge on any atom is 0.409 e. The Balaban J connectivity index is 1.05. The molecule has 5 fully saturated rings. The van der Waals surface area contributed by atoms with Crippen molar-refractivity contribution in [3.8, 4) is 29.6 Å². The Bertz CT molecular complexity index is 2160. The summed E-state index contributed by atoms with van der Waals surface area (Å²) in [5.74, 6) is 1.82. The normalized spacial score (nSPS) is 25.6. The van der Waals surface area contributed by atoms with Gasteiger partial charge in [0.25, 0.3) is 0 Å². The van der Waals surface area contributed by atoms with Crippen molar-refractivity contribution in [3.63, 3.8) is 0 Å². The van der Waals surface area contributed by atoms with Gasteiger partial charge in [-0.05, 0) is 62.8 Å². The highest BCUT2D eigenvalue weighted by atomic mass is 19.1. The molecule has 5 aliphatic heterocycles. The van der Waals surface area contributed by atoms with Gasteiger partial charge in [0, 0.05) is 68.0 Å². The number of carbonyl (C=O) groups excluding carboxylic acids is 1. The molecule has 0 aliphatic carbocycles. The summed E-state index contributed by atoms with van der Waals surface area (Å²) in [5, 5.41) is 5.24. The molecule has 10 nitrogen and oxygen atoms in total. The Kier molecular flexibility index (Phi) is 8.66. The molecule has 4 atom stereocenters. The van der Waals surface area contributed by atoms with E-state index in [1.54, 1.807) is 24.4 Å². The van der Waals surface area contributed by atoms with Crippen molar-refractivity contribution in [1.29, 1.82) is 0 Å². The number of amides is 1. The number of pyridine rings is 1. The molecule has 53 heavy (non-hydrogen) atoms. The third-order valence-electron chi connectivity index (χ3n) is 12.0. The largest absolute Gasteiger partial charge is 0.461 e. The molecule has 2 aromatic carbocycles. The first-order valence-corrected chi connectivity index (χ1v) is 18.8. The number of hydrogen-bond acceptors (Lipinski definition) is 9. The van der Waals surface area contributed by atoms with Crippen molar-refractivity contribution in [2.75, 3.05) is 50.8 Å². The van der Waals surface area contributed by atoms with Gasteiger partial charge in [-0.25, -0.2) is 13.6 Å². The second-order valence-corrected chi connectivity index (χ2v) is 15.4. The van der Waals surface area contributed by atoms with Gasteiger partial charge < -0.3 is 24.6 Å². The molecule has 0 radical (unpaired) electrons. The number of halogens is 2. The monoisotopic (exact) mass is 719 g/mol. The third-order valence-corrected chi connectivity index (χ3v) is 12.0. The second-order valence-electron chi connectivity index (χ2n) is 15.4. The molecule has 0 saturated carbocycles. The van der Waals surface area contributed by atoms with E-state index in [0.29, 0.717) is 52.8 Å². The molecule has 12 heteroatoms. The Hall–Kier alpha value is -4.86. The molecule has 1 amide bonds. The first kappa shape index (κ1) is 33.9. The molecule has 0 spiro atoms. The smallest absolute Gasteiger partial charge is 0.409 e. The number of benzene rings is 2. The quantitative estimate of drug-likeness (QED) is 0.177. The van der Waals surface area contributed by atoms with E-state index >= 15 is 4.39 Å². The number of nitrogens with zero attached hydrogens (tertiary/aromatic N) is 6. The van der Waals surface area contributed by atoms with Gasteiger partial charge in [-0.3, -0.25) is 9.88 Å². The van der Waals surface area contributed by atoms with Crippen LogP contribution < -0.4 is 15.0 Å². The summed E-state index contributed by atoms with van der Waals surface area (Å²) in [4.78, 5) is 33.4. The highest BCUT2D eigenvalue weighted by Gasteiger charge is 2.51. The zero-order valence-corrected chi connectivity index (χ0v) is 29.8. The van der Waals surface area contributed by atoms with E-state index in [2.05, 4.69) is 32.6 Å². The lowest BCUT2D eigenvalue weighted by Gasteiger charge is -2.35. The zero-order chi connectivity index (χ0) is 36.3. The van der Waals surface area contributed by atoms with E-state index < -0.39 is 11.6 Å². The predicted molar refractivity (Wildman–Crippen MR) is 199 cm³/mol. The lowest BCUT2D eigenvalue weighted by Crippen LogP contribution is -2.51. The van der Waals surface area contributed by atoms with Crippen molar-refractivity contribution >= 4 is 33.6 Å². The standard InChI is InChI=1S/C41H43F2N7O3/c1-3-30-33(42)13-10-26-8-7-9-31(34(26)30)36-35(43)37-32(19-44-36)38(49-21-27-11-12-28(22-49)45-27)47-39(46-37)53-24-41-15-14-29(50(41)20-25(2)18-41)23-52-40(51)48-16-5-4-6-17-48/h1,7-10,13,19,27-29,45H,2,4-6,11-12,14-18,20-24H2. The predicted octanol–water partition coefficient (Wildman–Crippen LogP) is 6.21. The molecule has 7 heterocycles. The lowest BCUT2D eigenvalue weighted by molar-refractivity contribution is 0.0422. The van der Waals surface area contributed by atoms with Crippen LogP contribution >= 0.6 is 0 Å². The third kappa shape index (κ3) is 6.04. The van der Waals surface area contributed by atoms with Crippen molar-refractivity contribution in [2.24, 2.45) is 0 Å². The summed E-state index contributed by atoms with van der Waals surface area (Å²) >= 11 is 0. The number of piperazine rings is 1. The highest BCUT2D eigenvalue weighted by molar-refractivity contribution is 6.02. The highest BCUT2D eigenvalue weighted by Crippen LogP contribution is 2.45. The molecule has 5 aliphatic rings. The van der Waals surface area contributed by atoms with Gasteiger partial charge in [0.15, 0.2) is 5.82 Å². The fourth-order valence-electron chi connectivity index (χ4n) is 9.46. The lowest BCUT2D eigenvalue weighted by atomic mass is 9.94. The van der Waals surface area contributed by atoms with Crippen molar-refractivity contribution in [1.82, 2.24) is 30.1 Å². The fraction of sp³-hybridized carbons (Fsp3) is 0.463. The van der Waals surface area contributed by atoms with Crippen LogP contribution in [0.4, 0.5) is 19.4 Å². The first-order valence-electron chi connectivity index (χ1n) is 18.8. The second kappa shape index (κ2) is 13.5. The molecule has 4 unspecified atom stereocenters. The number of rotatable bonds is 7. The minimum Gasteiger partial charge on any atom is -0.461 e. The van der Waals surface area contributed by atoms with E-state index in [1.165, 1.54) is 6.07 Å². The number of carbonyl (C=O) groups is 1. The topological polar surface area (TPSA) is 96.0 Å². The number of fused-ring (bicyclic) bond motifs is 5. The number of nitrogens with one attached hydrogen (secondary N) is 1. The van der Waals surface area contributed by atoms with Gasteiger partial charge >= 0.3 is 12.1 Å². The van der Waals surface area contributed by atoms with Gasteiger partial charge in [-0.1, -0.05) is 42.3 Å². The number of terminal acetylenes is 1. The van der Waals surface area contributed by atoms with Gasteiger partial charge in [-0.15, -0.1) is 6.42 Å². The summed E-state index contributed by atoms with van der Waals surface area (Å²) in [6.07, 6.45) is 14.8. The van der Waals surface area contributed by atoms with Crippen LogP contribution in [0.3, 0.4) is 0 Å². The molecule has 5 saturated heterocycles. The summed E-state index contributed by atoms with van der Waals surface area (Å²) < 4.78 is 44.3. The molecule has 9 rings (SSSR count). The van der Waals surface area contributed by atoms with E-state index in [1.807, 2.05) is 11.0 Å². The Labute approximate surface area is 307 Å². The maximum absolute atomic E-state index is 17.0. The summed E-state index contributed by atoms with van der Waals surface area (Å²) in [6.45, 7) is 8.52. The number of aromatic nitrogens is 3. The maximum atomic E-state index is 17.0. The molecule has 2 bridgehead atoms. The summed E-state index contributed by atoms with van der Waals surface area (Å²) in [6, 6.07) is 8.99. The Morgan fingerprint density at radius 2 is 1.89 bits per heavy atom. The average molecular weight is 720 g/mol. The van der Waals surface area contributed by atoms with Gasteiger partial charge in [0.05, 0.1) is 16.5 Å². The van der Waals surface area contributed by atoms with Crippen LogP contribution in [0.25, 0.3) is 32.9 Å². The van der Waals surface area contributed by atoms with Crippen LogP contribution in [0, 0.1) is 24.0 Å². The van der Waals surface area contributed by atoms with Crippen LogP contribution in [0.15, 0.2) is 48.7 Å². The minimum absolute atomic E-state index is 0.0239. The van der Waals surface area contributed by atoms with Gasteiger partial charge in [0.2, 0.25) is 0 Å². The Morgan fingerprint density at radius 3 is 2.68 bits per heavy atom. The molecule has 2 aromatic heterocycles. The van der Waals surface area contributed by atoms with E-state index in [0.717, 1.165) is 83.1 Å². The first-order chi connectivity index (χ1) is 25.8. The zero-order valence-electron chi connectivity index (χ0n) is 29.8. The minimum atomic E-state index is -0.653. The fourth-order valence-corrected chi connectivity index (χ4v) is 9.46. The Morgan fingerprint density at radius 1 is 1.08 bits per heavy atom.